The molecule has 3 rings (SSSR count). The van der Waals surface area contributed by atoms with E-state index in [0.717, 1.165) is 37.7 Å². The van der Waals surface area contributed by atoms with E-state index in [1.165, 1.54) is 5.56 Å². The monoisotopic (exact) mass is 440 g/mol. The van der Waals surface area contributed by atoms with Crippen LogP contribution in [0.5, 0.6) is 0 Å². The average molecular weight is 440 g/mol. The summed E-state index contributed by atoms with van der Waals surface area (Å²) in [5, 5.41) is 7.69. The lowest BCUT2D eigenvalue weighted by atomic mass is 10.0. The quantitative estimate of drug-likeness (QED) is 0.451. The zero-order valence-corrected chi connectivity index (χ0v) is 16.6. The van der Waals surface area contributed by atoms with Gasteiger partial charge in [0.15, 0.2) is 5.96 Å². The predicted molar refractivity (Wildman–Crippen MR) is 107 cm³/mol. The number of aryl methyl sites for hydroxylation is 1. The predicted octanol–water partition coefficient (Wildman–Crippen LogP) is 2.39. The van der Waals surface area contributed by atoms with Crippen molar-refractivity contribution in [2.45, 2.75) is 25.8 Å². The zero-order valence-electron chi connectivity index (χ0n) is 14.2. The third-order valence-electron chi connectivity index (χ3n) is 4.14. The van der Waals surface area contributed by atoms with Gasteiger partial charge in [-0.2, -0.15) is 5.10 Å². The topological polar surface area (TPSA) is 58.3 Å². The summed E-state index contributed by atoms with van der Waals surface area (Å²) in [5.41, 5.74) is 2.31. The van der Waals surface area contributed by atoms with E-state index in [1.54, 1.807) is 0 Å². The Morgan fingerprint density at radius 2 is 2.29 bits per heavy atom. The highest BCUT2D eigenvalue weighted by Gasteiger charge is 2.26. The Balaban J connectivity index is 0.00000208. The van der Waals surface area contributed by atoms with Gasteiger partial charge < -0.3 is 10.2 Å². The fourth-order valence-corrected chi connectivity index (χ4v) is 2.95. The van der Waals surface area contributed by atoms with Crippen LogP contribution in [0.2, 0.25) is 0 Å². The van der Waals surface area contributed by atoms with Crippen LogP contribution in [0.3, 0.4) is 0 Å². The average Bonchev–Trinajstić information content (AvgIpc) is 3.21. The van der Waals surface area contributed by atoms with Crippen LogP contribution >= 0.6 is 24.0 Å². The Kier molecular flexibility index (Phi) is 7.01. The fraction of sp³-hybridized carbons (Fsp3) is 0.471. The number of pyridine rings is 1. The van der Waals surface area contributed by atoms with Crippen LogP contribution in [0.1, 0.15) is 30.5 Å². The highest BCUT2D eigenvalue weighted by atomic mass is 127. The Morgan fingerprint density at radius 3 is 2.96 bits per heavy atom. The van der Waals surface area contributed by atoms with Gasteiger partial charge in [0.2, 0.25) is 0 Å². The molecule has 1 saturated heterocycles. The number of likely N-dealkylation sites (tertiary alicyclic amines) is 1. The van der Waals surface area contributed by atoms with Crippen molar-refractivity contribution in [1.29, 1.82) is 0 Å². The molecule has 0 saturated carbocycles. The standard InChI is InChI=1S/C17H24N6.HI/c1-3-18-17(20-11-16-6-4-5-8-19-16)23-9-7-14(13-23)15-10-21-22(2)12-15;/h4-6,8,10,12,14H,3,7,9,11,13H2,1-2H3,(H,18,20);1H. The molecule has 3 heterocycles. The Morgan fingerprint density at radius 1 is 1.42 bits per heavy atom. The van der Waals surface area contributed by atoms with Crippen molar-refractivity contribution in [3.8, 4) is 0 Å². The van der Waals surface area contributed by atoms with Gasteiger partial charge in [0.1, 0.15) is 0 Å². The van der Waals surface area contributed by atoms with E-state index in [0.29, 0.717) is 12.5 Å². The number of hydrogen-bond acceptors (Lipinski definition) is 3. The molecule has 1 atom stereocenters. The van der Waals surface area contributed by atoms with Crippen molar-refractivity contribution < 1.29 is 0 Å². The molecule has 130 valence electrons. The summed E-state index contributed by atoms with van der Waals surface area (Å²) in [6, 6.07) is 5.94. The van der Waals surface area contributed by atoms with Crippen molar-refractivity contribution >= 4 is 29.9 Å². The number of nitrogens with one attached hydrogen (secondary N) is 1. The molecule has 0 radical (unpaired) electrons. The fourth-order valence-electron chi connectivity index (χ4n) is 2.95. The van der Waals surface area contributed by atoms with Gasteiger partial charge in [0.25, 0.3) is 0 Å². The molecular formula is C17H25IN6. The minimum atomic E-state index is 0. The molecule has 1 N–H and O–H groups in total. The minimum Gasteiger partial charge on any atom is -0.357 e. The molecular weight excluding hydrogens is 415 g/mol. The van der Waals surface area contributed by atoms with Crippen molar-refractivity contribution in [3.63, 3.8) is 0 Å². The van der Waals surface area contributed by atoms with Crippen LogP contribution in [-0.4, -0.2) is 45.3 Å². The lowest BCUT2D eigenvalue weighted by Gasteiger charge is -2.21. The van der Waals surface area contributed by atoms with Crippen molar-refractivity contribution in [2.75, 3.05) is 19.6 Å². The number of rotatable bonds is 4. The van der Waals surface area contributed by atoms with E-state index in [1.807, 2.05) is 42.3 Å². The molecule has 1 unspecified atom stereocenters. The van der Waals surface area contributed by atoms with E-state index in [2.05, 4.69) is 33.4 Å². The molecule has 0 bridgehead atoms. The SMILES string of the molecule is CCNC(=NCc1ccccn1)N1CCC(c2cnn(C)c2)C1.I. The molecule has 2 aromatic heterocycles. The second-order valence-corrected chi connectivity index (χ2v) is 5.87. The third-order valence-corrected chi connectivity index (χ3v) is 4.14. The van der Waals surface area contributed by atoms with Crippen molar-refractivity contribution in [2.24, 2.45) is 12.0 Å². The summed E-state index contributed by atoms with van der Waals surface area (Å²) in [4.78, 5) is 11.4. The van der Waals surface area contributed by atoms with E-state index < -0.39 is 0 Å². The molecule has 2 aromatic rings. The van der Waals surface area contributed by atoms with Gasteiger partial charge in [-0.25, -0.2) is 4.99 Å². The van der Waals surface area contributed by atoms with Crippen molar-refractivity contribution in [3.05, 3.63) is 48.0 Å². The zero-order chi connectivity index (χ0) is 16.1. The Hall–Kier alpha value is -1.64. The van der Waals surface area contributed by atoms with Crippen LogP contribution in [0.4, 0.5) is 0 Å². The first-order chi connectivity index (χ1) is 11.3. The van der Waals surface area contributed by atoms with Crippen LogP contribution in [0.15, 0.2) is 41.8 Å². The van der Waals surface area contributed by atoms with Crippen molar-refractivity contribution in [1.82, 2.24) is 25.0 Å². The molecule has 7 heteroatoms. The lowest BCUT2D eigenvalue weighted by molar-refractivity contribution is 0.486. The highest BCUT2D eigenvalue weighted by Crippen LogP contribution is 2.26. The largest absolute Gasteiger partial charge is 0.357 e. The maximum absolute atomic E-state index is 4.75. The molecule has 0 spiro atoms. The second-order valence-electron chi connectivity index (χ2n) is 5.87. The molecule has 0 aliphatic carbocycles. The third kappa shape index (κ3) is 4.68. The minimum absolute atomic E-state index is 0. The first kappa shape index (κ1) is 18.7. The molecule has 0 aromatic carbocycles. The number of nitrogens with zero attached hydrogens (tertiary/aromatic N) is 5. The van der Waals surface area contributed by atoms with E-state index in [9.17, 15) is 0 Å². The number of halogens is 1. The maximum Gasteiger partial charge on any atom is 0.194 e. The van der Waals surface area contributed by atoms with E-state index in [4.69, 9.17) is 4.99 Å². The molecule has 24 heavy (non-hydrogen) atoms. The number of aromatic nitrogens is 3. The summed E-state index contributed by atoms with van der Waals surface area (Å²) in [6.45, 7) is 5.59. The van der Waals surface area contributed by atoms with Crippen LogP contribution in [0.25, 0.3) is 0 Å². The van der Waals surface area contributed by atoms with E-state index >= 15 is 0 Å². The summed E-state index contributed by atoms with van der Waals surface area (Å²) in [5.74, 6) is 1.51. The molecule has 1 aliphatic rings. The Bertz CT molecular complexity index is 654. The number of guanidine groups is 1. The molecule has 0 amide bonds. The first-order valence-corrected chi connectivity index (χ1v) is 8.18. The Labute approximate surface area is 160 Å². The molecule has 1 fully saturated rings. The second kappa shape index (κ2) is 9.00. The summed E-state index contributed by atoms with van der Waals surface area (Å²) >= 11 is 0. The maximum atomic E-state index is 4.75. The lowest BCUT2D eigenvalue weighted by Crippen LogP contribution is -2.40. The van der Waals surface area contributed by atoms with Gasteiger partial charge in [-0.3, -0.25) is 9.67 Å². The number of aliphatic imine (C=N–C) groups is 1. The highest BCUT2D eigenvalue weighted by molar-refractivity contribution is 14.0. The summed E-state index contributed by atoms with van der Waals surface area (Å²) in [6.07, 6.45) is 7.05. The van der Waals surface area contributed by atoms with Gasteiger partial charge in [0.05, 0.1) is 18.4 Å². The van der Waals surface area contributed by atoms with Crippen LogP contribution in [0, 0.1) is 0 Å². The normalized spacial score (nSPS) is 17.7. The van der Waals surface area contributed by atoms with Crippen LogP contribution < -0.4 is 5.32 Å². The first-order valence-electron chi connectivity index (χ1n) is 8.18. The number of hydrogen-bond donors (Lipinski definition) is 1. The summed E-state index contributed by atoms with van der Waals surface area (Å²) in [7, 11) is 1.97. The van der Waals surface area contributed by atoms with Crippen LogP contribution in [-0.2, 0) is 13.6 Å². The van der Waals surface area contributed by atoms with Gasteiger partial charge in [-0.1, -0.05) is 6.07 Å². The summed E-state index contributed by atoms with van der Waals surface area (Å²) < 4.78 is 1.87. The van der Waals surface area contributed by atoms with Gasteiger partial charge >= 0.3 is 0 Å². The van der Waals surface area contributed by atoms with Gasteiger partial charge in [-0.05, 0) is 31.0 Å². The van der Waals surface area contributed by atoms with E-state index in [-0.39, 0.29) is 24.0 Å². The smallest absolute Gasteiger partial charge is 0.194 e. The molecule has 6 nitrogen and oxygen atoms in total. The van der Waals surface area contributed by atoms with Gasteiger partial charge in [0, 0.05) is 45.0 Å². The van der Waals surface area contributed by atoms with Gasteiger partial charge in [-0.15, -0.1) is 24.0 Å². The molecule has 1 aliphatic heterocycles.